The Morgan fingerprint density at radius 1 is 1.38 bits per heavy atom. The van der Waals surface area contributed by atoms with Crippen molar-refractivity contribution in [2.75, 3.05) is 20.3 Å². The van der Waals surface area contributed by atoms with Gasteiger partial charge in [0, 0.05) is 12.6 Å². The number of hydrogen-bond donors (Lipinski definition) is 1. The number of hydrogen-bond acceptors (Lipinski definition) is 2. The lowest BCUT2D eigenvalue weighted by molar-refractivity contribution is 0.172. The van der Waals surface area contributed by atoms with Crippen molar-refractivity contribution in [1.29, 1.82) is 0 Å². The number of ether oxygens (including phenoxy) is 1. The molecule has 0 aromatic heterocycles. The second kappa shape index (κ2) is 8.08. The molecule has 1 saturated heterocycles. The Kier molecular flexibility index (Phi) is 7.06. The summed E-state index contributed by atoms with van der Waals surface area (Å²) in [5.74, 6) is 1.65. The van der Waals surface area contributed by atoms with Gasteiger partial charge in [-0.25, -0.2) is 0 Å². The Morgan fingerprint density at radius 3 is 2.69 bits per heavy atom. The molecule has 0 aromatic rings. The first-order chi connectivity index (χ1) is 7.81. The second-order valence-electron chi connectivity index (χ2n) is 5.17. The van der Waals surface area contributed by atoms with Crippen molar-refractivity contribution < 1.29 is 4.74 Å². The van der Waals surface area contributed by atoms with Crippen molar-refractivity contribution >= 4 is 0 Å². The van der Waals surface area contributed by atoms with E-state index in [0.29, 0.717) is 6.04 Å². The molecule has 16 heavy (non-hydrogen) atoms. The summed E-state index contributed by atoms with van der Waals surface area (Å²) in [6.45, 7) is 6.55. The maximum atomic E-state index is 5.50. The molecule has 0 spiro atoms. The first kappa shape index (κ1) is 14.0. The molecule has 1 aliphatic rings. The minimum atomic E-state index is 0.671. The summed E-state index contributed by atoms with van der Waals surface area (Å²) in [5.41, 5.74) is 0. The van der Waals surface area contributed by atoms with Gasteiger partial charge in [-0.3, -0.25) is 0 Å². The van der Waals surface area contributed by atoms with Crippen LogP contribution >= 0.6 is 0 Å². The van der Waals surface area contributed by atoms with Crippen LogP contribution in [0.25, 0.3) is 0 Å². The Balaban J connectivity index is 2.33. The Bertz CT molecular complexity index is 166. The average molecular weight is 227 g/mol. The van der Waals surface area contributed by atoms with Gasteiger partial charge < -0.3 is 10.1 Å². The summed E-state index contributed by atoms with van der Waals surface area (Å²) in [7, 11) is 2.11. The predicted octanol–water partition coefficient (Wildman–Crippen LogP) is 3.22. The van der Waals surface area contributed by atoms with Gasteiger partial charge in [0.25, 0.3) is 0 Å². The zero-order valence-corrected chi connectivity index (χ0v) is 11.3. The van der Waals surface area contributed by atoms with Crippen molar-refractivity contribution in [2.24, 2.45) is 11.8 Å². The summed E-state index contributed by atoms with van der Waals surface area (Å²) in [4.78, 5) is 0. The Hall–Kier alpha value is -0.0800. The molecule has 0 radical (unpaired) electrons. The molecule has 2 heteroatoms. The van der Waals surface area contributed by atoms with Gasteiger partial charge in [-0.15, -0.1) is 0 Å². The van der Waals surface area contributed by atoms with Crippen LogP contribution in [0.3, 0.4) is 0 Å². The minimum Gasteiger partial charge on any atom is -0.381 e. The number of nitrogens with one attached hydrogen (secondary N) is 1. The summed E-state index contributed by atoms with van der Waals surface area (Å²) in [6.07, 6.45) is 8.02. The third-order valence-corrected chi connectivity index (χ3v) is 4.04. The highest BCUT2D eigenvalue weighted by Crippen LogP contribution is 2.25. The molecule has 0 amide bonds. The van der Waals surface area contributed by atoms with Gasteiger partial charge in [-0.1, -0.05) is 39.5 Å². The minimum absolute atomic E-state index is 0.671. The summed E-state index contributed by atoms with van der Waals surface area (Å²) in [6, 6.07) is 0.671. The molecule has 1 aliphatic heterocycles. The van der Waals surface area contributed by atoms with Crippen LogP contribution in [-0.4, -0.2) is 26.3 Å². The highest BCUT2D eigenvalue weighted by molar-refractivity contribution is 4.80. The van der Waals surface area contributed by atoms with E-state index < -0.39 is 0 Å². The van der Waals surface area contributed by atoms with Crippen LogP contribution in [0.15, 0.2) is 0 Å². The van der Waals surface area contributed by atoms with Crippen molar-refractivity contribution in [3.05, 3.63) is 0 Å². The topological polar surface area (TPSA) is 21.3 Å². The van der Waals surface area contributed by atoms with E-state index in [1.807, 2.05) is 0 Å². The van der Waals surface area contributed by atoms with E-state index in [0.717, 1.165) is 25.0 Å². The molecule has 2 nitrogen and oxygen atoms in total. The fourth-order valence-corrected chi connectivity index (χ4v) is 2.76. The molecule has 1 N–H and O–H groups in total. The number of unbranched alkanes of at least 4 members (excludes halogenated alkanes) is 1. The molecule has 3 atom stereocenters. The smallest absolute Gasteiger partial charge is 0.0510 e. The maximum Gasteiger partial charge on any atom is 0.0510 e. The van der Waals surface area contributed by atoms with Gasteiger partial charge in [-0.05, 0) is 31.7 Å². The molecule has 3 unspecified atom stereocenters. The normalized spacial score (nSPS) is 24.6. The highest BCUT2D eigenvalue weighted by atomic mass is 16.5. The lowest BCUT2D eigenvalue weighted by atomic mass is 9.86. The first-order valence-electron chi connectivity index (χ1n) is 7.06. The number of rotatable bonds is 8. The maximum absolute atomic E-state index is 5.50. The third kappa shape index (κ3) is 4.42. The van der Waals surface area contributed by atoms with Gasteiger partial charge in [0.1, 0.15) is 0 Å². The second-order valence-corrected chi connectivity index (χ2v) is 5.17. The van der Waals surface area contributed by atoms with Crippen molar-refractivity contribution in [1.82, 2.24) is 5.32 Å². The van der Waals surface area contributed by atoms with E-state index in [-0.39, 0.29) is 0 Å². The SMILES string of the molecule is CCCCC(CC)CC(NC)C1CCOC1. The van der Waals surface area contributed by atoms with Crippen LogP contribution in [0, 0.1) is 11.8 Å². The molecule has 0 aromatic carbocycles. The summed E-state index contributed by atoms with van der Waals surface area (Å²) < 4.78 is 5.50. The predicted molar refractivity (Wildman–Crippen MR) is 69.7 cm³/mol. The van der Waals surface area contributed by atoms with Crippen LogP contribution in [0.4, 0.5) is 0 Å². The molecule has 1 fully saturated rings. The fourth-order valence-electron chi connectivity index (χ4n) is 2.76. The largest absolute Gasteiger partial charge is 0.381 e. The van der Waals surface area contributed by atoms with Gasteiger partial charge >= 0.3 is 0 Å². The van der Waals surface area contributed by atoms with Crippen molar-refractivity contribution in [2.45, 2.75) is 58.4 Å². The summed E-state index contributed by atoms with van der Waals surface area (Å²) in [5, 5.41) is 3.51. The zero-order valence-electron chi connectivity index (χ0n) is 11.3. The monoisotopic (exact) mass is 227 g/mol. The van der Waals surface area contributed by atoms with Crippen molar-refractivity contribution in [3.63, 3.8) is 0 Å². The van der Waals surface area contributed by atoms with Crippen LogP contribution in [-0.2, 0) is 4.74 Å². The summed E-state index contributed by atoms with van der Waals surface area (Å²) >= 11 is 0. The van der Waals surface area contributed by atoms with E-state index in [4.69, 9.17) is 4.74 Å². The average Bonchev–Trinajstić information content (AvgIpc) is 2.83. The van der Waals surface area contributed by atoms with E-state index in [1.54, 1.807) is 0 Å². The molecule has 1 heterocycles. The molecule has 0 bridgehead atoms. The molecule has 0 saturated carbocycles. The third-order valence-electron chi connectivity index (χ3n) is 4.04. The van der Waals surface area contributed by atoms with Crippen LogP contribution < -0.4 is 5.32 Å². The fraction of sp³-hybridized carbons (Fsp3) is 1.00. The lowest BCUT2D eigenvalue weighted by Crippen LogP contribution is -2.35. The molecular formula is C14H29NO. The van der Waals surface area contributed by atoms with Crippen molar-refractivity contribution in [3.8, 4) is 0 Å². The van der Waals surface area contributed by atoms with E-state index in [9.17, 15) is 0 Å². The first-order valence-corrected chi connectivity index (χ1v) is 7.06. The standard InChI is InChI=1S/C14H29NO/c1-4-6-7-12(5-2)10-14(15-3)13-8-9-16-11-13/h12-15H,4-11H2,1-3H3. The van der Waals surface area contributed by atoms with Gasteiger partial charge in [0.15, 0.2) is 0 Å². The van der Waals surface area contributed by atoms with E-state index >= 15 is 0 Å². The quantitative estimate of drug-likeness (QED) is 0.687. The van der Waals surface area contributed by atoms with E-state index in [2.05, 4.69) is 26.2 Å². The van der Waals surface area contributed by atoms with Gasteiger partial charge in [-0.2, -0.15) is 0 Å². The molecular weight excluding hydrogens is 198 g/mol. The van der Waals surface area contributed by atoms with Crippen LogP contribution in [0.2, 0.25) is 0 Å². The highest BCUT2D eigenvalue weighted by Gasteiger charge is 2.26. The van der Waals surface area contributed by atoms with E-state index in [1.165, 1.54) is 38.5 Å². The molecule has 1 rings (SSSR count). The van der Waals surface area contributed by atoms with Crippen LogP contribution in [0.1, 0.15) is 52.4 Å². The lowest BCUT2D eigenvalue weighted by Gasteiger charge is -2.26. The Morgan fingerprint density at radius 2 is 2.19 bits per heavy atom. The molecule has 0 aliphatic carbocycles. The van der Waals surface area contributed by atoms with Gasteiger partial charge in [0.2, 0.25) is 0 Å². The zero-order chi connectivity index (χ0) is 11.8. The van der Waals surface area contributed by atoms with Gasteiger partial charge in [0.05, 0.1) is 6.61 Å². The van der Waals surface area contributed by atoms with Crippen LogP contribution in [0.5, 0.6) is 0 Å². The molecule has 96 valence electrons. The Labute approximate surface area is 101 Å².